The van der Waals surface area contributed by atoms with Crippen molar-refractivity contribution in [3.8, 4) is 134 Å². The van der Waals surface area contributed by atoms with Gasteiger partial charge in [0.15, 0.2) is 0 Å². The second-order valence-corrected chi connectivity index (χ2v) is 50.9. The van der Waals surface area contributed by atoms with Crippen molar-refractivity contribution in [3.63, 3.8) is 0 Å². The number of benzene rings is 16. The highest BCUT2D eigenvalue weighted by Gasteiger charge is 2.54. The fourth-order valence-electron chi connectivity index (χ4n) is 19.8. The molecule has 18 rings (SSSR count). The normalized spacial score (nSPS) is 15.1. The van der Waals surface area contributed by atoms with Crippen molar-refractivity contribution in [2.45, 2.75) is 287 Å². The summed E-state index contributed by atoms with van der Waals surface area (Å²) < 4.78 is 28.0. The zero-order valence-electron chi connectivity index (χ0n) is 91.0. The molecular weight excluding hydrogens is 1720 g/mol. The molecule has 0 amide bonds. The lowest BCUT2D eigenvalue weighted by atomic mass is 9.72. The monoisotopic (exact) mass is 1870 g/mol. The van der Waals surface area contributed by atoms with Gasteiger partial charge in [-0.25, -0.2) is 0 Å². The number of fused-ring (bicyclic) bond motifs is 2. The Labute approximate surface area is 852 Å². The molecular formula is C136H150B2O4. The van der Waals surface area contributed by atoms with Gasteiger partial charge in [-0.3, -0.25) is 0 Å². The maximum absolute atomic E-state index is 7.01. The van der Waals surface area contributed by atoms with E-state index in [1.165, 1.54) is 122 Å². The molecule has 0 radical (unpaired) electrons. The van der Waals surface area contributed by atoms with Crippen LogP contribution >= 0.6 is 0 Å². The van der Waals surface area contributed by atoms with Gasteiger partial charge in [0.05, 0.1) is 22.4 Å². The predicted octanol–water partition coefficient (Wildman–Crippen LogP) is 36.7. The SMILES string of the molecule is CC(C)(C)c1ccc(-c2cc(-c3ccc(C(C)(C)C)cc3)cc(-c3cc(B4OC(C)(C)C(C)(C)O4)cc4c(-c5cc(-c6ccc(C(C)(C)C)cc6)cc(-c6ccc(C(C)(C)C)cc6)c5)cc(B5OC(C)(C)C(C)(C)O5)cc34)c2)cc1.CC(C)(C)c1ccc(-c2cc(-c3ccc(C(C)(C)C)cc3)cc(-c3cccc4c(-c5cc(-c6ccc(C(C)(C)C)cc6)cc(-c6ccc(C(C)(C)C)cc6)c5)cccc34)c2)cc1. The van der Waals surface area contributed by atoms with E-state index < -0.39 is 36.6 Å². The van der Waals surface area contributed by atoms with Crippen molar-refractivity contribution >= 4 is 46.7 Å². The first-order valence-electron chi connectivity index (χ1n) is 51.6. The largest absolute Gasteiger partial charge is 0.494 e. The summed E-state index contributed by atoms with van der Waals surface area (Å²) in [7, 11) is -1.25. The average Bonchev–Trinajstić information content (AvgIpc) is 1.45. The zero-order chi connectivity index (χ0) is 102. The lowest BCUT2D eigenvalue weighted by molar-refractivity contribution is 0.00578. The molecule has 0 aliphatic carbocycles. The molecule has 0 atom stereocenters. The Kier molecular flexibility index (Phi) is 26.7. The molecule has 2 aliphatic heterocycles. The van der Waals surface area contributed by atoms with E-state index in [0.717, 1.165) is 88.5 Å². The van der Waals surface area contributed by atoms with Gasteiger partial charge in [0.25, 0.3) is 0 Å². The minimum atomic E-state index is -0.624. The molecule has 16 aromatic rings. The van der Waals surface area contributed by atoms with Gasteiger partial charge in [0.2, 0.25) is 0 Å². The van der Waals surface area contributed by atoms with Crippen LogP contribution in [0.15, 0.2) is 328 Å². The molecule has 0 aromatic heterocycles. The van der Waals surface area contributed by atoms with E-state index in [1.807, 2.05) is 0 Å². The predicted molar refractivity (Wildman–Crippen MR) is 614 cm³/mol. The van der Waals surface area contributed by atoms with Crippen LogP contribution in [-0.4, -0.2) is 36.6 Å². The summed E-state index contributed by atoms with van der Waals surface area (Å²) in [4.78, 5) is 0. The van der Waals surface area contributed by atoms with Crippen molar-refractivity contribution in [2.24, 2.45) is 0 Å². The Morgan fingerprint density at radius 3 is 0.451 bits per heavy atom. The third-order valence-corrected chi connectivity index (χ3v) is 30.7. The summed E-state index contributed by atoms with van der Waals surface area (Å²) >= 11 is 0. The second kappa shape index (κ2) is 37.3. The molecule has 2 aliphatic rings. The van der Waals surface area contributed by atoms with Gasteiger partial charge in [-0.05, 0) is 382 Å². The van der Waals surface area contributed by atoms with Gasteiger partial charge in [0, 0.05) is 0 Å². The lowest BCUT2D eigenvalue weighted by Gasteiger charge is -2.32. The third kappa shape index (κ3) is 21.5. The van der Waals surface area contributed by atoms with Crippen LogP contribution in [0.1, 0.15) is 266 Å². The van der Waals surface area contributed by atoms with E-state index >= 15 is 0 Å². The van der Waals surface area contributed by atoms with E-state index in [9.17, 15) is 0 Å². The van der Waals surface area contributed by atoms with E-state index in [0.29, 0.717) is 0 Å². The Hall–Kier alpha value is -12.0. The van der Waals surface area contributed by atoms with E-state index in [2.05, 4.69) is 549 Å². The molecule has 724 valence electrons. The third-order valence-electron chi connectivity index (χ3n) is 30.7. The van der Waals surface area contributed by atoms with Crippen LogP contribution in [0.2, 0.25) is 0 Å². The Bertz CT molecular complexity index is 6570. The van der Waals surface area contributed by atoms with Gasteiger partial charge < -0.3 is 18.6 Å². The summed E-state index contributed by atoms with van der Waals surface area (Å²) in [6, 6.07) is 125. The molecule has 142 heavy (non-hydrogen) atoms. The van der Waals surface area contributed by atoms with Crippen molar-refractivity contribution < 1.29 is 18.6 Å². The van der Waals surface area contributed by atoms with E-state index in [1.54, 1.807) is 0 Å². The van der Waals surface area contributed by atoms with Gasteiger partial charge >= 0.3 is 14.2 Å². The minimum Gasteiger partial charge on any atom is -0.399 e. The molecule has 0 bridgehead atoms. The van der Waals surface area contributed by atoms with Crippen molar-refractivity contribution in [2.75, 3.05) is 0 Å². The van der Waals surface area contributed by atoms with Crippen LogP contribution in [0.5, 0.6) is 0 Å². The Morgan fingerprint density at radius 1 is 0.148 bits per heavy atom. The smallest absolute Gasteiger partial charge is 0.399 e. The highest BCUT2D eigenvalue weighted by atomic mass is 16.7. The van der Waals surface area contributed by atoms with Gasteiger partial charge in [-0.1, -0.05) is 421 Å². The van der Waals surface area contributed by atoms with Crippen molar-refractivity contribution in [1.82, 2.24) is 0 Å². The van der Waals surface area contributed by atoms with Crippen LogP contribution in [0.25, 0.3) is 155 Å². The fraction of sp³-hybridized carbons (Fsp3) is 0.324. The summed E-state index contributed by atoms with van der Waals surface area (Å²) in [5.74, 6) is 0. The molecule has 4 nitrogen and oxygen atoms in total. The maximum atomic E-state index is 7.01. The molecule has 0 spiro atoms. The van der Waals surface area contributed by atoms with Crippen LogP contribution in [0.3, 0.4) is 0 Å². The zero-order valence-corrected chi connectivity index (χ0v) is 91.0. The van der Waals surface area contributed by atoms with Gasteiger partial charge in [-0.15, -0.1) is 0 Å². The summed E-state index contributed by atoms with van der Waals surface area (Å²) in [5, 5.41) is 4.65. The fourth-order valence-corrected chi connectivity index (χ4v) is 19.8. The summed E-state index contributed by atoms with van der Waals surface area (Å²) in [6.07, 6.45) is 0. The highest BCUT2D eigenvalue weighted by Crippen LogP contribution is 2.49. The lowest BCUT2D eigenvalue weighted by Crippen LogP contribution is -2.41. The molecule has 16 aromatic carbocycles. The number of rotatable bonds is 14. The molecule has 0 N–H and O–H groups in total. The van der Waals surface area contributed by atoms with E-state index in [-0.39, 0.29) is 43.3 Å². The second-order valence-electron chi connectivity index (χ2n) is 50.9. The quantitative estimate of drug-likeness (QED) is 0.102. The first-order chi connectivity index (χ1) is 66.3. The summed E-state index contributed by atoms with van der Waals surface area (Å²) in [5.41, 5.74) is 38.9. The molecule has 0 unspecified atom stereocenters. The first kappa shape index (κ1) is 101. The van der Waals surface area contributed by atoms with Crippen molar-refractivity contribution in [1.29, 1.82) is 0 Å². The van der Waals surface area contributed by atoms with Crippen LogP contribution in [0, 0.1) is 0 Å². The molecule has 6 heteroatoms. The molecule has 0 saturated carbocycles. The van der Waals surface area contributed by atoms with Gasteiger partial charge in [0.1, 0.15) is 0 Å². The average molecular weight is 1870 g/mol. The minimum absolute atomic E-state index is 0.0217. The topological polar surface area (TPSA) is 36.9 Å². The Morgan fingerprint density at radius 2 is 0.296 bits per heavy atom. The summed E-state index contributed by atoms with van der Waals surface area (Å²) in [6.45, 7) is 71.8. The highest BCUT2D eigenvalue weighted by molar-refractivity contribution is 6.64. The molecule has 2 heterocycles. The number of hydrogen-bond donors (Lipinski definition) is 0. The maximum Gasteiger partial charge on any atom is 0.494 e. The Balaban J connectivity index is 0.000000202. The van der Waals surface area contributed by atoms with Crippen LogP contribution in [-0.2, 0) is 61.9 Å². The standard InChI is InChI=1S/C74H86B2O4.C62H64/c1-67(2,3)57-29-21-47(22-30-57)51-37-52(48-23-31-58(32-24-48)68(4,5)6)40-55(39-51)63-43-61(75-77-71(13,14)72(15,16)78-75)46-66-64(44-62(45-65(63)66)76-79-73(17,18)74(19,20)80-76)56-41-53(49-25-33-59(34-26-49)69(7,8)9)38-54(42-56)50-27-35-60(36-28-50)70(10,11)12;1-59(2,3)51-27-19-41(20-28-51)45-35-46(42-21-29-52(30-22-42)60(4,5)6)38-49(37-45)55-15-13-18-58-56(16-14-17-57(55)58)50-39-47(43-23-31-53(32-24-43)61(7,8)9)36-48(40-50)44-25-33-54(34-26-44)62(10,11)12/h21-46H,1-20H3;13-40H,1-12H3. The van der Waals surface area contributed by atoms with Crippen molar-refractivity contribution in [3.05, 3.63) is 372 Å². The molecule has 2 fully saturated rings. The van der Waals surface area contributed by atoms with Crippen LogP contribution < -0.4 is 10.9 Å². The van der Waals surface area contributed by atoms with E-state index in [4.69, 9.17) is 18.6 Å². The van der Waals surface area contributed by atoms with Crippen LogP contribution in [0.4, 0.5) is 0 Å². The van der Waals surface area contributed by atoms with Gasteiger partial charge in [-0.2, -0.15) is 0 Å². The molecule has 2 saturated heterocycles. The number of hydrogen-bond acceptors (Lipinski definition) is 4. The first-order valence-corrected chi connectivity index (χ1v) is 51.6.